The summed E-state index contributed by atoms with van der Waals surface area (Å²) in [6.45, 7) is 7.43. The second-order valence-electron chi connectivity index (χ2n) is 8.10. The molecule has 148 valence electrons. The fourth-order valence-corrected chi connectivity index (χ4v) is 3.20. The number of nitrogens with one attached hydrogen (secondary N) is 2. The lowest BCUT2D eigenvalue weighted by molar-refractivity contribution is -0.215. The van der Waals surface area contributed by atoms with Crippen molar-refractivity contribution in [3.63, 3.8) is 0 Å². The van der Waals surface area contributed by atoms with Gasteiger partial charge in [0.1, 0.15) is 16.6 Å². The second kappa shape index (κ2) is 7.34. The minimum absolute atomic E-state index is 0.259. The number of aromatic amines is 1. The predicted octanol–water partition coefficient (Wildman–Crippen LogP) is 4.51. The molecular formula is C18H23F3N4OS. The van der Waals surface area contributed by atoms with Crippen LogP contribution in [-0.2, 0) is 11.4 Å². The Morgan fingerprint density at radius 3 is 2.41 bits per heavy atom. The Morgan fingerprint density at radius 2 is 1.89 bits per heavy atom. The average molecular weight is 400 g/mol. The summed E-state index contributed by atoms with van der Waals surface area (Å²) in [7, 11) is 0. The molecule has 2 atom stereocenters. The zero-order valence-corrected chi connectivity index (χ0v) is 16.7. The number of nitrogens with zero attached hydrogens (tertiary/aromatic N) is 2. The zero-order chi connectivity index (χ0) is 20.6. The van der Waals surface area contributed by atoms with Gasteiger partial charge in [-0.1, -0.05) is 13.8 Å². The maximum Gasteiger partial charge on any atom is 0.394 e. The van der Waals surface area contributed by atoms with Gasteiger partial charge in [0.05, 0.1) is 28.1 Å². The number of imidazole rings is 1. The third kappa shape index (κ3) is 4.94. The molecule has 0 spiro atoms. The van der Waals surface area contributed by atoms with Crippen molar-refractivity contribution in [3.8, 4) is 6.07 Å². The maximum absolute atomic E-state index is 13.4. The molecule has 1 unspecified atom stereocenters. The monoisotopic (exact) mass is 400 g/mol. The number of benzene rings is 1. The van der Waals surface area contributed by atoms with Gasteiger partial charge in [-0.05, 0) is 45.4 Å². The van der Waals surface area contributed by atoms with E-state index in [1.807, 2.05) is 6.07 Å². The Hall–Kier alpha value is -1.76. The fraction of sp³-hybridized carbons (Fsp3) is 0.556. The normalized spacial score (nSPS) is 15.6. The van der Waals surface area contributed by atoms with Gasteiger partial charge in [0.25, 0.3) is 0 Å². The van der Waals surface area contributed by atoms with Gasteiger partial charge in [-0.2, -0.15) is 18.4 Å². The van der Waals surface area contributed by atoms with Crippen molar-refractivity contribution in [2.24, 2.45) is 5.41 Å². The van der Waals surface area contributed by atoms with Crippen LogP contribution in [0.1, 0.15) is 58.5 Å². The number of rotatable bonds is 5. The lowest BCUT2D eigenvalue weighted by atomic mass is 9.85. The summed E-state index contributed by atoms with van der Waals surface area (Å²) in [5.74, 6) is 0.259. The molecule has 5 nitrogen and oxygen atoms in total. The van der Waals surface area contributed by atoms with Crippen molar-refractivity contribution in [1.29, 1.82) is 5.26 Å². The number of alkyl halides is 3. The number of aromatic nitrogens is 2. The van der Waals surface area contributed by atoms with Crippen LogP contribution < -0.4 is 4.72 Å². The number of hydrogen-bond acceptors (Lipinski definition) is 4. The Bertz CT molecular complexity index is 849. The highest BCUT2D eigenvalue weighted by atomic mass is 32.2. The molecule has 0 saturated heterocycles. The number of halogens is 3. The van der Waals surface area contributed by atoms with Crippen molar-refractivity contribution >= 4 is 22.4 Å². The van der Waals surface area contributed by atoms with Crippen LogP contribution in [-0.4, -0.2) is 25.4 Å². The fourth-order valence-electron chi connectivity index (χ4n) is 2.39. The minimum Gasteiger partial charge on any atom is -0.598 e. The van der Waals surface area contributed by atoms with Crippen molar-refractivity contribution in [2.75, 3.05) is 0 Å². The van der Waals surface area contributed by atoms with Crippen LogP contribution in [0.15, 0.2) is 18.2 Å². The SMILES string of the molecule is CC(C)(C)[S+]([O-])N[C@@H](CC(C)(C)C(F)(F)F)c1nc2ccc(C#N)cc2[nH]1. The van der Waals surface area contributed by atoms with Crippen LogP contribution in [0.5, 0.6) is 0 Å². The molecule has 0 aliphatic carbocycles. The highest BCUT2D eigenvalue weighted by Gasteiger charge is 2.49. The lowest BCUT2D eigenvalue weighted by Crippen LogP contribution is -2.44. The smallest absolute Gasteiger partial charge is 0.394 e. The molecule has 0 amide bonds. The van der Waals surface area contributed by atoms with Crippen LogP contribution >= 0.6 is 0 Å². The Labute approximate surface area is 159 Å². The third-order valence-corrected chi connectivity index (χ3v) is 5.86. The quantitative estimate of drug-likeness (QED) is 0.723. The molecule has 27 heavy (non-hydrogen) atoms. The molecule has 1 heterocycles. The molecule has 2 rings (SSSR count). The topological polar surface area (TPSA) is 87.6 Å². The van der Waals surface area contributed by atoms with E-state index in [2.05, 4.69) is 14.7 Å². The predicted molar refractivity (Wildman–Crippen MR) is 99.0 cm³/mol. The minimum atomic E-state index is -4.42. The van der Waals surface area contributed by atoms with Crippen molar-refractivity contribution in [1.82, 2.24) is 14.7 Å². The van der Waals surface area contributed by atoms with Gasteiger partial charge in [0, 0.05) is 11.4 Å². The van der Waals surface area contributed by atoms with Crippen LogP contribution in [0.25, 0.3) is 11.0 Å². The molecule has 9 heteroatoms. The van der Waals surface area contributed by atoms with E-state index in [9.17, 15) is 17.7 Å². The van der Waals surface area contributed by atoms with E-state index in [0.717, 1.165) is 13.8 Å². The number of H-pyrrole nitrogens is 1. The maximum atomic E-state index is 13.4. The summed E-state index contributed by atoms with van der Waals surface area (Å²) in [5, 5.41) is 9.00. The third-order valence-electron chi connectivity index (χ3n) is 4.25. The first-order valence-corrected chi connectivity index (χ1v) is 9.54. The molecule has 2 N–H and O–H groups in total. The molecule has 0 saturated carbocycles. The van der Waals surface area contributed by atoms with Gasteiger partial charge in [0.15, 0.2) is 0 Å². The largest absolute Gasteiger partial charge is 0.598 e. The molecule has 0 fully saturated rings. The standard InChI is InChI=1S/C18H23F3N4OS/c1-16(2,3)27(26)25-14(9-17(4,5)18(19,20)21)15-23-12-7-6-11(10-22)8-13(12)24-15/h6-8,14,25H,9H2,1-5H3,(H,23,24)/t14-,27?/m0/s1. The number of hydrogen-bond donors (Lipinski definition) is 2. The van der Waals surface area contributed by atoms with Crippen LogP contribution in [0.4, 0.5) is 13.2 Å². The second-order valence-corrected chi connectivity index (χ2v) is 10.1. The number of fused-ring (bicyclic) bond motifs is 1. The average Bonchev–Trinajstić information content (AvgIpc) is 2.94. The summed E-state index contributed by atoms with van der Waals surface area (Å²) in [6, 6.07) is 5.90. The number of nitriles is 1. The van der Waals surface area contributed by atoms with Crippen molar-refractivity contribution in [2.45, 2.75) is 58.0 Å². The molecule has 2 aromatic rings. The highest BCUT2D eigenvalue weighted by molar-refractivity contribution is 7.90. The summed E-state index contributed by atoms with van der Waals surface area (Å²) < 4.78 is 54.9. The van der Waals surface area contributed by atoms with Crippen LogP contribution in [0, 0.1) is 16.7 Å². The van der Waals surface area contributed by atoms with Crippen LogP contribution in [0.2, 0.25) is 0 Å². The van der Waals surface area contributed by atoms with Gasteiger partial charge in [0.2, 0.25) is 0 Å². The van der Waals surface area contributed by atoms with Gasteiger partial charge in [-0.15, -0.1) is 4.72 Å². The summed E-state index contributed by atoms with van der Waals surface area (Å²) in [6.07, 6.45) is -4.76. The summed E-state index contributed by atoms with van der Waals surface area (Å²) >= 11 is -1.59. The van der Waals surface area contributed by atoms with E-state index in [4.69, 9.17) is 5.26 Å². The van der Waals surface area contributed by atoms with Gasteiger partial charge in [-0.3, -0.25) is 0 Å². The van der Waals surface area contributed by atoms with E-state index < -0.39 is 33.7 Å². The van der Waals surface area contributed by atoms with E-state index in [0.29, 0.717) is 16.6 Å². The van der Waals surface area contributed by atoms with Gasteiger partial charge in [-0.25, -0.2) is 4.98 Å². The molecule has 0 radical (unpaired) electrons. The Morgan fingerprint density at radius 1 is 1.26 bits per heavy atom. The van der Waals surface area contributed by atoms with Crippen LogP contribution in [0.3, 0.4) is 0 Å². The van der Waals surface area contributed by atoms with E-state index in [1.54, 1.807) is 39.0 Å². The molecule has 1 aromatic heterocycles. The van der Waals surface area contributed by atoms with E-state index in [-0.39, 0.29) is 12.2 Å². The Kier molecular flexibility index (Phi) is 5.85. The first kappa shape index (κ1) is 21.5. The van der Waals surface area contributed by atoms with Gasteiger partial charge >= 0.3 is 6.18 Å². The highest BCUT2D eigenvalue weighted by Crippen LogP contribution is 2.44. The molecule has 0 aliphatic rings. The zero-order valence-electron chi connectivity index (χ0n) is 15.9. The molecule has 1 aromatic carbocycles. The summed E-state index contributed by atoms with van der Waals surface area (Å²) in [5.41, 5.74) is -0.524. The summed E-state index contributed by atoms with van der Waals surface area (Å²) in [4.78, 5) is 7.34. The molecular weight excluding hydrogens is 377 g/mol. The first-order valence-electron chi connectivity index (χ1n) is 8.39. The first-order chi connectivity index (χ1) is 12.2. The lowest BCUT2D eigenvalue weighted by Gasteiger charge is -2.33. The molecule has 0 aliphatic heterocycles. The van der Waals surface area contributed by atoms with Crippen molar-refractivity contribution < 1.29 is 17.7 Å². The van der Waals surface area contributed by atoms with Gasteiger partial charge < -0.3 is 9.54 Å². The van der Waals surface area contributed by atoms with E-state index >= 15 is 0 Å². The van der Waals surface area contributed by atoms with Crippen molar-refractivity contribution in [3.05, 3.63) is 29.6 Å². The van der Waals surface area contributed by atoms with E-state index in [1.165, 1.54) is 0 Å². The molecule has 0 bridgehead atoms. The Balaban J connectivity index is 2.44.